The number of amides is 1. The molecule has 30 heavy (non-hydrogen) atoms. The molecule has 0 saturated carbocycles. The fourth-order valence-corrected chi connectivity index (χ4v) is 3.66. The molecule has 1 heterocycles. The Bertz CT molecular complexity index is 913. The fourth-order valence-electron chi connectivity index (χ4n) is 3.66. The molecule has 8 heteroatoms. The average molecular weight is 417 g/mol. The second-order valence-electron chi connectivity index (χ2n) is 6.94. The van der Waals surface area contributed by atoms with Crippen molar-refractivity contribution in [2.45, 2.75) is 19.8 Å². The van der Waals surface area contributed by atoms with Crippen molar-refractivity contribution in [1.82, 2.24) is 4.90 Å². The highest BCUT2D eigenvalue weighted by atomic mass is 16.7. The second kappa shape index (κ2) is 9.69. The van der Waals surface area contributed by atoms with E-state index in [0.717, 1.165) is 0 Å². The molecule has 2 aromatic rings. The van der Waals surface area contributed by atoms with Gasteiger partial charge in [0.15, 0.2) is 11.5 Å². The monoisotopic (exact) mass is 417 g/mol. The van der Waals surface area contributed by atoms with Gasteiger partial charge in [0.05, 0.1) is 19.6 Å². The van der Waals surface area contributed by atoms with Crippen LogP contribution in [0.1, 0.15) is 18.1 Å². The van der Waals surface area contributed by atoms with E-state index in [1.807, 2.05) is 6.92 Å². The summed E-state index contributed by atoms with van der Waals surface area (Å²) in [5.41, 5.74) is 2.25. The number of carbonyl (C=O) groups excluding carboxylic acids is 1. The number of hydrogen-bond donors (Lipinski definition) is 3. The van der Waals surface area contributed by atoms with Crippen LogP contribution in [-0.4, -0.2) is 66.3 Å². The number of carbonyl (C=O) groups is 1. The van der Waals surface area contributed by atoms with Gasteiger partial charge in [-0.25, -0.2) is 0 Å². The molecule has 0 fully saturated rings. The minimum Gasteiger partial charge on any atom is -0.508 e. The molecule has 0 spiro atoms. The van der Waals surface area contributed by atoms with Crippen molar-refractivity contribution >= 4 is 5.91 Å². The molecule has 0 atom stereocenters. The predicted molar refractivity (Wildman–Crippen MR) is 110 cm³/mol. The van der Waals surface area contributed by atoms with Crippen LogP contribution in [0.2, 0.25) is 0 Å². The van der Waals surface area contributed by atoms with Gasteiger partial charge in [0.1, 0.15) is 11.5 Å². The van der Waals surface area contributed by atoms with Gasteiger partial charge in [-0.15, -0.1) is 0 Å². The summed E-state index contributed by atoms with van der Waals surface area (Å²) in [6, 6.07) is 6.57. The van der Waals surface area contributed by atoms with Gasteiger partial charge in [-0.3, -0.25) is 4.79 Å². The minimum atomic E-state index is -0.234. The Labute approximate surface area is 175 Å². The second-order valence-corrected chi connectivity index (χ2v) is 6.94. The molecule has 3 rings (SSSR count). The fraction of sp³-hybridized carbons (Fsp3) is 0.409. The average Bonchev–Trinajstić information content (AvgIpc) is 3.19. The maximum absolute atomic E-state index is 13.0. The van der Waals surface area contributed by atoms with E-state index in [-0.39, 0.29) is 43.8 Å². The normalized spacial score (nSPS) is 12.2. The summed E-state index contributed by atoms with van der Waals surface area (Å²) in [5, 5.41) is 30.4. The Morgan fingerprint density at radius 1 is 1.10 bits per heavy atom. The van der Waals surface area contributed by atoms with Crippen molar-refractivity contribution in [3.8, 4) is 34.1 Å². The van der Waals surface area contributed by atoms with Crippen LogP contribution in [0.3, 0.4) is 0 Å². The van der Waals surface area contributed by atoms with Crippen molar-refractivity contribution in [3.05, 3.63) is 35.4 Å². The van der Waals surface area contributed by atoms with E-state index in [1.165, 1.54) is 11.0 Å². The lowest BCUT2D eigenvalue weighted by Gasteiger charge is -2.24. The highest BCUT2D eigenvalue weighted by Crippen LogP contribution is 2.43. The van der Waals surface area contributed by atoms with Crippen molar-refractivity contribution in [2.24, 2.45) is 0 Å². The quantitative estimate of drug-likeness (QED) is 0.573. The number of rotatable bonds is 9. The number of aromatic hydroxyl groups is 2. The van der Waals surface area contributed by atoms with Crippen LogP contribution in [0.15, 0.2) is 24.3 Å². The van der Waals surface area contributed by atoms with Gasteiger partial charge in [0, 0.05) is 31.8 Å². The van der Waals surface area contributed by atoms with Gasteiger partial charge in [0.2, 0.25) is 12.7 Å². The van der Waals surface area contributed by atoms with Crippen LogP contribution in [0.4, 0.5) is 0 Å². The Kier molecular flexibility index (Phi) is 7.02. The summed E-state index contributed by atoms with van der Waals surface area (Å²) in [6.07, 6.45) is 0.434. The Balaban J connectivity index is 2.05. The summed E-state index contributed by atoms with van der Waals surface area (Å²) in [4.78, 5) is 14.5. The molecule has 0 aliphatic carbocycles. The Hall–Kier alpha value is -2.97. The van der Waals surface area contributed by atoms with Crippen LogP contribution in [0.25, 0.3) is 11.1 Å². The molecule has 0 aromatic heterocycles. The lowest BCUT2D eigenvalue weighted by atomic mass is 9.90. The lowest BCUT2D eigenvalue weighted by Crippen LogP contribution is -2.37. The lowest BCUT2D eigenvalue weighted by molar-refractivity contribution is -0.131. The molecular formula is C22H27NO7. The zero-order chi connectivity index (χ0) is 21.7. The third-order valence-electron chi connectivity index (χ3n) is 5.14. The van der Waals surface area contributed by atoms with Crippen LogP contribution in [-0.2, 0) is 22.4 Å². The zero-order valence-corrected chi connectivity index (χ0v) is 17.2. The summed E-state index contributed by atoms with van der Waals surface area (Å²) in [5.74, 6) is 0.740. The standard InChI is InChI=1S/C22H27NO7/c1-3-15-16(11-21(27)23(6-8-24)7-9-28-2)22(18(26)12-17(15)25)14-4-5-19-20(10-14)30-13-29-19/h4-5,10,12,24-26H,3,6-9,11,13H2,1-2H3. The number of hydrogen-bond acceptors (Lipinski definition) is 7. The molecule has 0 radical (unpaired) electrons. The van der Waals surface area contributed by atoms with Crippen molar-refractivity contribution in [3.63, 3.8) is 0 Å². The molecule has 0 bridgehead atoms. The van der Waals surface area contributed by atoms with Gasteiger partial charge in [-0.1, -0.05) is 13.0 Å². The number of nitrogens with zero attached hydrogens (tertiary/aromatic N) is 1. The summed E-state index contributed by atoms with van der Waals surface area (Å²) in [6.45, 7) is 2.68. The number of ether oxygens (including phenoxy) is 3. The third kappa shape index (κ3) is 4.44. The van der Waals surface area contributed by atoms with Gasteiger partial charge >= 0.3 is 0 Å². The van der Waals surface area contributed by atoms with Crippen LogP contribution in [0, 0.1) is 0 Å². The summed E-state index contributed by atoms with van der Waals surface area (Å²) in [7, 11) is 1.54. The van der Waals surface area contributed by atoms with Gasteiger partial charge in [0.25, 0.3) is 0 Å². The predicted octanol–water partition coefficient (Wildman–Crippen LogP) is 2.07. The van der Waals surface area contributed by atoms with E-state index in [1.54, 1.807) is 25.3 Å². The van der Waals surface area contributed by atoms with Crippen molar-refractivity contribution < 1.29 is 34.3 Å². The first-order chi connectivity index (χ1) is 14.5. The number of phenols is 2. The number of phenolic OH excluding ortho intramolecular Hbond substituents is 2. The summed E-state index contributed by atoms with van der Waals surface area (Å²) < 4.78 is 15.9. The molecule has 1 aliphatic heterocycles. The largest absolute Gasteiger partial charge is 0.508 e. The number of aliphatic hydroxyl groups excluding tert-OH is 1. The molecule has 1 amide bonds. The van der Waals surface area contributed by atoms with Crippen molar-refractivity contribution in [1.29, 1.82) is 0 Å². The SMILES string of the molecule is CCc1c(O)cc(O)c(-c2ccc3c(c2)OCO3)c1CC(=O)N(CCO)CCOC. The van der Waals surface area contributed by atoms with E-state index in [9.17, 15) is 20.1 Å². The number of benzene rings is 2. The highest BCUT2D eigenvalue weighted by Gasteiger charge is 2.24. The maximum atomic E-state index is 13.0. The van der Waals surface area contributed by atoms with Gasteiger partial charge in [-0.2, -0.15) is 0 Å². The Morgan fingerprint density at radius 3 is 2.57 bits per heavy atom. The molecule has 0 saturated heterocycles. The van der Waals surface area contributed by atoms with E-state index >= 15 is 0 Å². The topological polar surface area (TPSA) is 109 Å². The molecule has 1 aliphatic rings. The molecule has 162 valence electrons. The number of fused-ring (bicyclic) bond motifs is 1. The van der Waals surface area contributed by atoms with Crippen LogP contribution >= 0.6 is 0 Å². The molecule has 2 aromatic carbocycles. The maximum Gasteiger partial charge on any atom is 0.231 e. The van der Waals surface area contributed by atoms with Crippen LogP contribution in [0.5, 0.6) is 23.0 Å². The third-order valence-corrected chi connectivity index (χ3v) is 5.14. The molecular weight excluding hydrogens is 390 g/mol. The minimum absolute atomic E-state index is 0.0430. The molecule has 0 unspecified atom stereocenters. The molecule has 8 nitrogen and oxygen atoms in total. The molecule has 3 N–H and O–H groups in total. The first-order valence-electron chi connectivity index (χ1n) is 9.84. The first-order valence-corrected chi connectivity index (χ1v) is 9.84. The van der Waals surface area contributed by atoms with E-state index in [2.05, 4.69) is 0 Å². The van der Waals surface area contributed by atoms with Gasteiger partial charge < -0.3 is 34.4 Å². The number of methoxy groups -OCH3 is 1. The van der Waals surface area contributed by atoms with Crippen molar-refractivity contribution in [2.75, 3.05) is 40.2 Å². The zero-order valence-electron chi connectivity index (χ0n) is 17.2. The van der Waals surface area contributed by atoms with Crippen LogP contribution < -0.4 is 9.47 Å². The van der Waals surface area contributed by atoms with Gasteiger partial charge in [-0.05, 0) is 35.2 Å². The Morgan fingerprint density at radius 2 is 1.87 bits per heavy atom. The van der Waals surface area contributed by atoms with E-state index in [0.29, 0.717) is 53.3 Å². The summed E-state index contributed by atoms with van der Waals surface area (Å²) >= 11 is 0. The van der Waals surface area contributed by atoms with E-state index < -0.39 is 0 Å². The number of aliphatic hydroxyl groups is 1. The highest BCUT2D eigenvalue weighted by molar-refractivity contribution is 5.86. The van der Waals surface area contributed by atoms with E-state index in [4.69, 9.17) is 14.2 Å². The smallest absolute Gasteiger partial charge is 0.231 e. The first kappa shape index (κ1) is 21.7.